The number of H-pyrrole nitrogens is 1. The number of aryl methyl sites for hydroxylation is 1. The monoisotopic (exact) mass is 436 g/mol. The third-order valence-electron chi connectivity index (χ3n) is 5.40. The van der Waals surface area contributed by atoms with E-state index in [1.165, 1.54) is 37.4 Å². The molecule has 1 aromatic heterocycles. The van der Waals surface area contributed by atoms with Crippen molar-refractivity contribution in [1.29, 1.82) is 0 Å². The maximum Gasteiger partial charge on any atom is 0.330 e. The third-order valence-corrected chi connectivity index (χ3v) is 5.40. The maximum absolute atomic E-state index is 12.1. The smallest absolute Gasteiger partial charge is 0.330 e. The van der Waals surface area contributed by atoms with Crippen molar-refractivity contribution in [3.05, 3.63) is 68.0 Å². The predicted octanol–water partition coefficient (Wildman–Crippen LogP) is 1.70. The topological polar surface area (TPSA) is 105 Å². The van der Waals surface area contributed by atoms with Crippen LogP contribution < -0.4 is 11.2 Å². The van der Waals surface area contributed by atoms with Gasteiger partial charge in [0.15, 0.2) is 0 Å². The van der Waals surface area contributed by atoms with Crippen molar-refractivity contribution < 1.29 is 14.9 Å². The summed E-state index contributed by atoms with van der Waals surface area (Å²) in [6, 6.07) is 8.05. The van der Waals surface area contributed by atoms with Crippen LogP contribution in [-0.2, 0) is 11.2 Å². The number of aromatic nitrogens is 2. The van der Waals surface area contributed by atoms with Gasteiger partial charge in [0.25, 0.3) is 5.56 Å². The average Bonchev–Trinajstić information content (AvgIpc) is 3.16. The fraction of sp³-hybridized carbons (Fsp3) is 0.440. The normalized spacial score (nSPS) is 19.7. The number of aliphatic hydroxyl groups is 2. The Morgan fingerprint density at radius 2 is 1.88 bits per heavy atom. The molecule has 0 unspecified atom stereocenters. The number of ether oxygens (including phenoxy) is 1. The molecule has 1 saturated heterocycles. The van der Waals surface area contributed by atoms with E-state index in [0.717, 1.165) is 16.6 Å². The molecular formula is C25H28N2O5. The van der Waals surface area contributed by atoms with Gasteiger partial charge in [-0.1, -0.05) is 44.2 Å². The van der Waals surface area contributed by atoms with Gasteiger partial charge in [-0.05, 0) is 48.3 Å². The number of aromatic amines is 1. The molecule has 3 N–H and O–H groups in total. The van der Waals surface area contributed by atoms with E-state index in [4.69, 9.17) is 4.74 Å². The Balaban J connectivity index is 1.68. The van der Waals surface area contributed by atoms with Crippen LogP contribution in [0.1, 0.15) is 61.9 Å². The summed E-state index contributed by atoms with van der Waals surface area (Å²) in [7, 11) is 0. The van der Waals surface area contributed by atoms with Crippen LogP contribution in [-0.4, -0.2) is 38.6 Å². The Labute approximate surface area is 187 Å². The van der Waals surface area contributed by atoms with Crippen molar-refractivity contribution in [2.75, 3.05) is 6.61 Å². The first-order valence-electron chi connectivity index (χ1n) is 10.9. The van der Waals surface area contributed by atoms with Crippen LogP contribution in [0, 0.1) is 23.7 Å². The predicted molar refractivity (Wildman–Crippen MR) is 121 cm³/mol. The van der Waals surface area contributed by atoms with E-state index >= 15 is 0 Å². The molecule has 168 valence electrons. The number of nitrogens with one attached hydrogen (secondary N) is 1. The molecule has 1 aromatic carbocycles. The highest BCUT2D eigenvalue weighted by molar-refractivity contribution is 5.43. The molecular weight excluding hydrogens is 408 g/mol. The van der Waals surface area contributed by atoms with Gasteiger partial charge in [-0.3, -0.25) is 14.3 Å². The lowest BCUT2D eigenvalue weighted by molar-refractivity contribution is -0.0459. The van der Waals surface area contributed by atoms with E-state index in [0.29, 0.717) is 0 Å². The van der Waals surface area contributed by atoms with Crippen LogP contribution in [0.5, 0.6) is 0 Å². The first-order valence-corrected chi connectivity index (χ1v) is 10.9. The summed E-state index contributed by atoms with van der Waals surface area (Å²) in [6.45, 7) is 1.84. The van der Waals surface area contributed by atoms with Gasteiger partial charge in [0, 0.05) is 18.2 Å². The van der Waals surface area contributed by atoms with Crippen molar-refractivity contribution in [2.45, 2.75) is 63.9 Å². The molecule has 7 nitrogen and oxygen atoms in total. The first-order chi connectivity index (χ1) is 15.5. The van der Waals surface area contributed by atoms with Gasteiger partial charge in [0.2, 0.25) is 0 Å². The van der Waals surface area contributed by atoms with Crippen LogP contribution in [0.25, 0.3) is 0 Å². The Hall–Kier alpha value is -3.10. The number of hydrogen-bond acceptors (Lipinski definition) is 5. The van der Waals surface area contributed by atoms with Gasteiger partial charge in [-0.2, -0.15) is 0 Å². The van der Waals surface area contributed by atoms with E-state index in [2.05, 4.69) is 47.7 Å². The van der Waals surface area contributed by atoms with Crippen molar-refractivity contribution in [2.24, 2.45) is 0 Å². The maximum atomic E-state index is 12.1. The molecule has 0 aliphatic carbocycles. The summed E-state index contributed by atoms with van der Waals surface area (Å²) in [6.07, 6.45) is 4.94. The van der Waals surface area contributed by atoms with Gasteiger partial charge in [0.05, 0.1) is 12.7 Å². The van der Waals surface area contributed by atoms with Crippen LogP contribution in [0.4, 0.5) is 0 Å². The van der Waals surface area contributed by atoms with Gasteiger partial charge in [0.1, 0.15) is 17.9 Å². The summed E-state index contributed by atoms with van der Waals surface area (Å²) in [5.74, 6) is 11.0. The molecule has 3 rings (SSSR count). The van der Waals surface area contributed by atoms with Crippen LogP contribution in [0.2, 0.25) is 0 Å². The molecule has 2 heterocycles. The molecule has 1 aliphatic rings. The van der Waals surface area contributed by atoms with Gasteiger partial charge in [-0.25, -0.2) is 4.79 Å². The summed E-state index contributed by atoms with van der Waals surface area (Å²) < 4.78 is 6.64. The highest BCUT2D eigenvalue weighted by Gasteiger charge is 2.35. The first kappa shape index (κ1) is 23.6. The largest absolute Gasteiger partial charge is 0.394 e. The fourth-order valence-electron chi connectivity index (χ4n) is 3.55. The lowest BCUT2D eigenvalue weighted by atomic mass is 10.0. The van der Waals surface area contributed by atoms with Crippen molar-refractivity contribution >= 4 is 0 Å². The minimum absolute atomic E-state index is 0.0619. The summed E-state index contributed by atoms with van der Waals surface area (Å²) in [5, 5.41) is 19.1. The average molecular weight is 437 g/mol. The van der Waals surface area contributed by atoms with E-state index in [1.807, 2.05) is 12.1 Å². The second-order valence-electron chi connectivity index (χ2n) is 7.83. The molecule has 0 spiro atoms. The van der Waals surface area contributed by atoms with E-state index < -0.39 is 29.7 Å². The highest BCUT2D eigenvalue weighted by Crippen LogP contribution is 2.27. The molecule has 2 aromatic rings. The Morgan fingerprint density at radius 3 is 2.56 bits per heavy atom. The quantitative estimate of drug-likeness (QED) is 0.453. The lowest BCUT2D eigenvalue weighted by Gasteiger charge is -2.14. The zero-order valence-corrected chi connectivity index (χ0v) is 18.1. The number of rotatable bonds is 7. The number of unbranched alkanes of at least 4 members (excludes halogenated alkanes) is 3. The van der Waals surface area contributed by atoms with Gasteiger partial charge >= 0.3 is 5.69 Å². The molecule has 1 fully saturated rings. The molecule has 1 aliphatic heterocycles. The summed E-state index contributed by atoms with van der Waals surface area (Å²) in [5.41, 5.74) is 0.891. The van der Waals surface area contributed by atoms with Crippen molar-refractivity contribution in [3.63, 3.8) is 0 Å². The van der Waals surface area contributed by atoms with Crippen LogP contribution in [0.3, 0.4) is 0 Å². The van der Waals surface area contributed by atoms with Gasteiger partial charge in [-0.15, -0.1) is 0 Å². The molecule has 0 saturated carbocycles. The van der Waals surface area contributed by atoms with Crippen molar-refractivity contribution in [3.8, 4) is 23.7 Å². The third kappa shape index (κ3) is 6.21. The zero-order chi connectivity index (χ0) is 22.9. The summed E-state index contributed by atoms with van der Waals surface area (Å²) >= 11 is 0. The molecule has 0 bridgehead atoms. The number of aliphatic hydroxyl groups excluding tert-OH is 2. The number of hydrogen-bond donors (Lipinski definition) is 3. The Kier molecular flexibility index (Phi) is 8.47. The van der Waals surface area contributed by atoms with Crippen LogP contribution >= 0.6 is 0 Å². The van der Waals surface area contributed by atoms with E-state index in [9.17, 15) is 19.8 Å². The van der Waals surface area contributed by atoms with E-state index in [-0.39, 0.29) is 18.6 Å². The lowest BCUT2D eigenvalue weighted by Crippen LogP contribution is -2.33. The second-order valence-corrected chi connectivity index (χ2v) is 7.83. The number of benzene rings is 1. The zero-order valence-electron chi connectivity index (χ0n) is 18.1. The Morgan fingerprint density at radius 1 is 1.12 bits per heavy atom. The molecule has 0 amide bonds. The second kappa shape index (κ2) is 11.5. The fourth-order valence-corrected chi connectivity index (χ4v) is 3.55. The molecule has 0 radical (unpaired) electrons. The standard InChI is InChI=1S/C25H28N2O5/c1-2-3-4-5-8-18-11-13-19(14-12-18)9-6-7-10-20-16-27(25(31)26-24(20)30)23-15-21(29)22(17-28)32-23/h11-14,16,21-23,28-29H,2-5,8,15,17H2,1H3,(H,26,30,31)/t21-,22+,23+/m0/s1. The minimum atomic E-state index is -0.896. The van der Waals surface area contributed by atoms with E-state index in [1.54, 1.807) is 0 Å². The van der Waals surface area contributed by atoms with Crippen LogP contribution in [0.15, 0.2) is 40.1 Å². The molecule has 7 heteroatoms. The van der Waals surface area contributed by atoms with Gasteiger partial charge < -0.3 is 14.9 Å². The highest BCUT2D eigenvalue weighted by atomic mass is 16.5. The Bertz CT molecular complexity index is 1140. The number of nitrogens with zero attached hydrogens (tertiary/aromatic N) is 1. The molecule has 32 heavy (non-hydrogen) atoms. The summed E-state index contributed by atoms with van der Waals surface area (Å²) in [4.78, 5) is 26.4. The van der Waals surface area contributed by atoms with Crippen molar-refractivity contribution in [1.82, 2.24) is 9.55 Å². The minimum Gasteiger partial charge on any atom is -0.394 e. The molecule has 3 atom stereocenters. The SMILES string of the molecule is CCCCCCc1ccc(C#CC#Cc2cn([C@H]3C[C@H](O)[C@@H](CO)O3)c(=O)[nH]c2=O)cc1.